The van der Waals surface area contributed by atoms with Crippen LogP contribution in [0.4, 0.5) is 5.82 Å². The van der Waals surface area contributed by atoms with E-state index in [9.17, 15) is 33.8 Å². The highest BCUT2D eigenvalue weighted by Crippen LogP contribution is 2.43. The van der Waals surface area contributed by atoms with E-state index < -0.39 is 63.4 Å². The number of hydrogen-bond donors (Lipinski definition) is 5. The first-order chi connectivity index (χ1) is 16.1. The van der Waals surface area contributed by atoms with Crippen LogP contribution in [-0.4, -0.2) is 85.3 Å². The molecule has 1 aliphatic rings. The summed E-state index contributed by atoms with van der Waals surface area (Å²) in [6.07, 6.45) is -3.31. The quantitative estimate of drug-likeness (QED) is 0.119. The number of carbonyl (C=O) groups is 3. The Hall–Kier alpha value is -3.21. The number of imidazole rings is 1. The Balaban J connectivity index is 1.92. The average molecular weight is 502 g/mol. The van der Waals surface area contributed by atoms with E-state index in [-0.39, 0.29) is 17.0 Å². The first-order valence-electron chi connectivity index (χ1n) is 9.64. The number of rotatable bonds is 10. The highest BCUT2D eigenvalue weighted by Gasteiger charge is 2.50. The lowest BCUT2D eigenvalue weighted by atomic mass is 10.1. The molecule has 6 N–H and O–H groups in total. The second kappa shape index (κ2) is 10.4. The second-order valence-electron chi connectivity index (χ2n) is 7.06. The predicted octanol–water partition coefficient (Wildman–Crippen LogP) is -3.69. The van der Waals surface area contributed by atoms with E-state index in [4.69, 9.17) is 15.2 Å². The van der Waals surface area contributed by atoms with Crippen molar-refractivity contribution < 1.29 is 47.8 Å². The van der Waals surface area contributed by atoms with Gasteiger partial charge >= 0.3 is 5.97 Å². The van der Waals surface area contributed by atoms with E-state index in [1.165, 1.54) is 17.8 Å². The molecule has 2 unspecified atom stereocenters. The van der Waals surface area contributed by atoms with Crippen LogP contribution in [0.2, 0.25) is 0 Å². The van der Waals surface area contributed by atoms with Gasteiger partial charge in [0.2, 0.25) is 12.3 Å². The average Bonchev–Trinajstić information content (AvgIpc) is 3.33. The Morgan fingerprint density at radius 3 is 2.79 bits per heavy atom. The third kappa shape index (κ3) is 5.64. The van der Waals surface area contributed by atoms with Gasteiger partial charge in [-0.1, -0.05) is 0 Å². The van der Waals surface area contributed by atoms with Gasteiger partial charge in [0.1, 0.15) is 30.1 Å². The largest absolute Gasteiger partial charge is 0.756 e. The van der Waals surface area contributed by atoms with Crippen molar-refractivity contribution in [2.45, 2.75) is 37.5 Å². The summed E-state index contributed by atoms with van der Waals surface area (Å²) in [7, 11) is -5.38. The number of aliphatic hydroxyl groups excluding tert-OH is 1. The Morgan fingerprint density at radius 1 is 1.41 bits per heavy atom. The van der Waals surface area contributed by atoms with Gasteiger partial charge in [-0.2, -0.15) is 0 Å². The molecule has 17 nitrogen and oxygen atoms in total. The zero-order valence-electron chi connectivity index (χ0n) is 17.5. The minimum atomic E-state index is -5.38. The molecule has 0 spiro atoms. The molecule has 1 saturated heterocycles. The SMILES string of the molecule is CC(NC(=O)CNC=O)C(=O)O[C@@H]1[C@H](OP(=O)([O-])O)[C@@H](CO)O[C@H]1n1cnc2c(N)ncnc21. The van der Waals surface area contributed by atoms with Crippen molar-refractivity contribution in [2.75, 3.05) is 18.9 Å². The fourth-order valence-corrected chi connectivity index (χ4v) is 3.83. The molecule has 34 heavy (non-hydrogen) atoms. The summed E-state index contributed by atoms with van der Waals surface area (Å²) >= 11 is 0. The summed E-state index contributed by atoms with van der Waals surface area (Å²) < 4.78 is 28.4. The molecule has 0 saturated carbocycles. The Morgan fingerprint density at radius 2 is 2.15 bits per heavy atom. The summed E-state index contributed by atoms with van der Waals surface area (Å²) in [5.74, 6) is -1.71. The lowest BCUT2D eigenvalue weighted by molar-refractivity contribution is -0.229. The Labute approximate surface area is 190 Å². The number of esters is 1. The fraction of sp³-hybridized carbons (Fsp3) is 0.500. The Bertz CT molecular complexity index is 1110. The molecular formula is C16H21N7O10P-. The second-order valence-corrected chi connectivity index (χ2v) is 8.21. The molecule has 1 fully saturated rings. The van der Waals surface area contributed by atoms with E-state index in [1.54, 1.807) is 0 Å². The molecule has 2 aromatic rings. The van der Waals surface area contributed by atoms with E-state index in [0.717, 1.165) is 6.33 Å². The van der Waals surface area contributed by atoms with Crippen LogP contribution in [0.25, 0.3) is 11.2 Å². The number of fused-ring (bicyclic) bond motifs is 1. The number of carbonyl (C=O) groups excluding carboxylic acids is 3. The van der Waals surface area contributed by atoms with Gasteiger partial charge in [-0.05, 0) is 6.92 Å². The predicted molar refractivity (Wildman–Crippen MR) is 107 cm³/mol. The Kier molecular flexibility index (Phi) is 7.75. The maximum Gasteiger partial charge on any atom is 0.328 e. The molecule has 0 radical (unpaired) electrons. The number of hydrogen-bond acceptors (Lipinski definition) is 13. The number of nitrogens with one attached hydrogen (secondary N) is 2. The van der Waals surface area contributed by atoms with Crippen LogP contribution < -0.4 is 21.3 Å². The van der Waals surface area contributed by atoms with Crippen LogP contribution in [0, 0.1) is 0 Å². The number of nitrogens with zero attached hydrogens (tertiary/aromatic N) is 4. The van der Waals surface area contributed by atoms with Crippen LogP contribution >= 0.6 is 7.82 Å². The van der Waals surface area contributed by atoms with Crippen molar-refractivity contribution >= 4 is 43.1 Å². The van der Waals surface area contributed by atoms with Crippen molar-refractivity contribution in [3.8, 4) is 0 Å². The number of nitrogen functional groups attached to an aromatic ring is 1. The summed E-state index contributed by atoms with van der Waals surface area (Å²) in [5.41, 5.74) is 6.07. The molecule has 3 rings (SSSR count). The maximum atomic E-state index is 12.7. The van der Waals surface area contributed by atoms with E-state index in [2.05, 4.69) is 30.1 Å². The smallest absolute Gasteiger partial charge is 0.328 e. The van der Waals surface area contributed by atoms with E-state index in [1.807, 2.05) is 0 Å². The van der Waals surface area contributed by atoms with Crippen molar-refractivity contribution in [2.24, 2.45) is 0 Å². The first-order valence-corrected chi connectivity index (χ1v) is 11.1. The molecule has 0 aliphatic carbocycles. The van der Waals surface area contributed by atoms with Crippen LogP contribution in [0.1, 0.15) is 13.2 Å². The summed E-state index contributed by atoms with van der Waals surface area (Å²) in [5, 5.41) is 14.1. The number of aromatic nitrogens is 4. The third-order valence-electron chi connectivity index (χ3n) is 4.71. The van der Waals surface area contributed by atoms with Crippen molar-refractivity contribution in [1.82, 2.24) is 30.2 Å². The van der Waals surface area contributed by atoms with E-state index in [0.29, 0.717) is 6.41 Å². The minimum absolute atomic E-state index is 0.0292. The van der Waals surface area contributed by atoms with Crippen LogP contribution in [0.3, 0.4) is 0 Å². The van der Waals surface area contributed by atoms with Gasteiger partial charge in [0, 0.05) is 0 Å². The van der Waals surface area contributed by atoms with Crippen molar-refractivity contribution in [3.63, 3.8) is 0 Å². The summed E-state index contributed by atoms with van der Waals surface area (Å²) in [4.78, 5) is 67.3. The number of phosphoric ester groups is 1. The molecule has 6 atom stereocenters. The monoisotopic (exact) mass is 502 g/mol. The number of phosphoric acid groups is 1. The first kappa shape index (κ1) is 25.4. The maximum absolute atomic E-state index is 12.7. The third-order valence-corrected chi connectivity index (χ3v) is 5.22. The van der Waals surface area contributed by atoms with Crippen LogP contribution in [-0.2, 0) is 32.9 Å². The number of aliphatic hydroxyl groups is 1. The van der Waals surface area contributed by atoms with Crippen LogP contribution in [0.5, 0.6) is 0 Å². The van der Waals surface area contributed by atoms with Crippen LogP contribution in [0.15, 0.2) is 12.7 Å². The van der Waals surface area contributed by atoms with Gasteiger partial charge in [0.15, 0.2) is 23.8 Å². The van der Waals surface area contributed by atoms with E-state index >= 15 is 0 Å². The topological polar surface area (TPSA) is 253 Å². The fourth-order valence-electron chi connectivity index (χ4n) is 3.26. The molecule has 2 amide bonds. The van der Waals surface area contributed by atoms with Gasteiger partial charge in [-0.3, -0.25) is 18.7 Å². The van der Waals surface area contributed by atoms with Crippen molar-refractivity contribution in [1.29, 1.82) is 0 Å². The molecule has 18 heteroatoms. The number of amides is 2. The van der Waals surface area contributed by atoms with Gasteiger partial charge < -0.3 is 45.3 Å². The van der Waals surface area contributed by atoms with Crippen molar-refractivity contribution in [3.05, 3.63) is 12.7 Å². The van der Waals surface area contributed by atoms with Gasteiger partial charge in [0.25, 0.3) is 7.82 Å². The normalized spacial score (nSPS) is 24.8. The molecule has 1 aliphatic heterocycles. The standard InChI is InChI=1S/C16H22N7O10P/c1-7(22-9(26)2-18-6-25)16(27)32-12-11(33-34(28,29)30)8(3-24)31-15(12)23-5-21-10-13(17)19-4-20-14(10)23/h4-8,11-12,15,24H,2-3H2,1H3,(H,18,25)(H,22,26)(H2,17,19,20)(H2,28,29,30)/p-1/t7?,8-,11-,12-,15-/m1/s1. The highest BCUT2D eigenvalue weighted by molar-refractivity contribution is 7.44. The summed E-state index contributed by atoms with van der Waals surface area (Å²) in [6.45, 7) is 0.0969. The van der Waals surface area contributed by atoms with Gasteiger partial charge in [0.05, 0.1) is 19.5 Å². The molecule has 186 valence electrons. The highest BCUT2D eigenvalue weighted by atomic mass is 31.2. The number of ether oxygens (including phenoxy) is 2. The summed E-state index contributed by atoms with van der Waals surface area (Å²) in [6, 6.07) is -1.25. The van der Waals surface area contributed by atoms with Gasteiger partial charge in [-0.25, -0.2) is 19.7 Å². The number of anilines is 1. The lowest BCUT2D eigenvalue weighted by Crippen LogP contribution is -2.46. The zero-order chi connectivity index (χ0) is 25.0. The molecule has 2 aromatic heterocycles. The zero-order valence-corrected chi connectivity index (χ0v) is 18.4. The molecule has 0 aromatic carbocycles. The molecule has 3 heterocycles. The number of nitrogens with two attached hydrogens (primary N) is 1. The minimum Gasteiger partial charge on any atom is -0.756 e. The molecular weight excluding hydrogens is 481 g/mol. The lowest BCUT2D eigenvalue weighted by Gasteiger charge is -2.28. The van der Waals surface area contributed by atoms with Gasteiger partial charge in [-0.15, -0.1) is 0 Å². The molecule has 0 bridgehead atoms.